The van der Waals surface area contributed by atoms with Gasteiger partial charge in [-0.15, -0.1) is 0 Å². The van der Waals surface area contributed by atoms with Gasteiger partial charge in [-0.1, -0.05) is 33.1 Å². The zero-order chi connectivity index (χ0) is 28.2. The van der Waals surface area contributed by atoms with Crippen LogP contribution in [0.5, 0.6) is 0 Å². The topological polar surface area (TPSA) is 111 Å². The van der Waals surface area contributed by atoms with Crippen LogP contribution in [0.4, 0.5) is 5.69 Å². The molecule has 0 heterocycles. The summed E-state index contributed by atoms with van der Waals surface area (Å²) < 4.78 is 37.4. The summed E-state index contributed by atoms with van der Waals surface area (Å²) in [5, 5.41) is 3.31. The Morgan fingerprint density at radius 1 is 0.590 bits per heavy atom. The molecule has 0 aliphatic heterocycles. The Labute approximate surface area is 233 Å². The fourth-order valence-corrected chi connectivity index (χ4v) is 3.20. The Bertz CT molecular complexity index is 715. The number of anilines is 1. The molecule has 1 aromatic rings. The predicted molar refractivity (Wildman–Crippen MR) is 149 cm³/mol. The fraction of sp³-hybridized carbons (Fsp3) is 0.724. The molecule has 39 heavy (non-hydrogen) atoms. The second kappa shape index (κ2) is 26.0. The van der Waals surface area contributed by atoms with Crippen LogP contribution in [-0.2, 0) is 38.0 Å². The van der Waals surface area contributed by atoms with Crippen LogP contribution < -0.4 is 5.32 Å². The Morgan fingerprint density at radius 2 is 1.05 bits per heavy atom. The highest BCUT2D eigenvalue weighted by Gasteiger charge is 2.07. The van der Waals surface area contributed by atoms with Gasteiger partial charge < -0.3 is 38.5 Å². The molecular weight excluding hydrogens is 506 g/mol. The molecule has 0 fully saturated rings. The van der Waals surface area contributed by atoms with Crippen LogP contribution >= 0.6 is 0 Å². The first kappa shape index (κ1) is 34.8. The van der Waals surface area contributed by atoms with Gasteiger partial charge in [-0.3, -0.25) is 4.79 Å². The van der Waals surface area contributed by atoms with E-state index in [1.165, 1.54) is 0 Å². The zero-order valence-electron chi connectivity index (χ0n) is 23.9. The number of esters is 2. The lowest BCUT2D eigenvalue weighted by Crippen LogP contribution is -2.15. The van der Waals surface area contributed by atoms with Crippen molar-refractivity contribution in [1.82, 2.24) is 0 Å². The number of ether oxygens (including phenoxy) is 7. The monoisotopic (exact) mass is 555 g/mol. The summed E-state index contributed by atoms with van der Waals surface area (Å²) in [4.78, 5) is 23.5. The van der Waals surface area contributed by atoms with Crippen molar-refractivity contribution in [3.63, 3.8) is 0 Å². The average Bonchev–Trinajstić information content (AvgIpc) is 2.94. The Kier molecular flexibility index (Phi) is 23.2. The van der Waals surface area contributed by atoms with Gasteiger partial charge in [-0.05, 0) is 37.1 Å². The maximum Gasteiger partial charge on any atom is 0.338 e. The molecular formula is C29H49NO9. The van der Waals surface area contributed by atoms with Crippen molar-refractivity contribution < 1.29 is 42.7 Å². The summed E-state index contributed by atoms with van der Waals surface area (Å²) in [5.74, 6) is -0.525. The molecule has 1 N–H and O–H groups in total. The van der Waals surface area contributed by atoms with E-state index in [4.69, 9.17) is 33.2 Å². The van der Waals surface area contributed by atoms with Crippen molar-refractivity contribution in [3.05, 3.63) is 29.8 Å². The molecule has 0 saturated carbocycles. The number of unbranched alkanes of at least 4 members (excludes halogenated alkanes) is 3. The predicted octanol–water partition coefficient (Wildman–Crippen LogP) is 4.26. The third-order valence-electron chi connectivity index (χ3n) is 5.40. The normalized spacial score (nSPS) is 10.9. The highest BCUT2D eigenvalue weighted by Crippen LogP contribution is 2.11. The highest BCUT2D eigenvalue weighted by atomic mass is 16.6. The van der Waals surface area contributed by atoms with E-state index < -0.39 is 0 Å². The lowest BCUT2D eigenvalue weighted by molar-refractivity contribution is -0.145. The molecule has 0 bridgehead atoms. The molecule has 0 saturated heterocycles. The average molecular weight is 556 g/mol. The van der Waals surface area contributed by atoms with Gasteiger partial charge in [0, 0.05) is 18.7 Å². The first-order valence-corrected chi connectivity index (χ1v) is 14.2. The van der Waals surface area contributed by atoms with Gasteiger partial charge >= 0.3 is 11.9 Å². The van der Waals surface area contributed by atoms with E-state index in [2.05, 4.69) is 19.2 Å². The van der Waals surface area contributed by atoms with Crippen LogP contribution in [0.1, 0.15) is 62.7 Å². The summed E-state index contributed by atoms with van der Waals surface area (Å²) in [7, 11) is 0. The molecule has 10 heteroatoms. The Balaban J connectivity index is 1.80. The summed E-state index contributed by atoms with van der Waals surface area (Å²) in [6.45, 7) is 9.94. The molecule has 0 aliphatic rings. The second-order valence-corrected chi connectivity index (χ2v) is 8.73. The lowest BCUT2D eigenvalue weighted by Gasteiger charge is -2.09. The van der Waals surface area contributed by atoms with Crippen molar-refractivity contribution in [3.8, 4) is 0 Å². The molecule has 0 atom stereocenters. The van der Waals surface area contributed by atoms with E-state index in [9.17, 15) is 9.59 Å². The molecule has 0 unspecified atom stereocenters. The van der Waals surface area contributed by atoms with E-state index in [0.717, 1.165) is 44.3 Å². The maximum absolute atomic E-state index is 12.1. The molecule has 1 aromatic carbocycles. The maximum atomic E-state index is 12.1. The van der Waals surface area contributed by atoms with Crippen LogP contribution in [0, 0.1) is 0 Å². The van der Waals surface area contributed by atoms with E-state index >= 15 is 0 Å². The van der Waals surface area contributed by atoms with Crippen molar-refractivity contribution in [2.24, 2.45) is 0 Å². The van der Waals surface area contributed by atoms with Crippen LogP contribution in [0.3, 0.4) is 0 Å². The highest BCUT2D eigenvalue weighted by molar-refractivity contribution is 5.89. The van der Waals surface area contributed by atoms with E-state index in [1.54, 1.807) is 12.1 Å². The first-order chi connectivity index (χ1) is 19.2. The van der Waals surface area contributed by atoms with Gasteiger partial charge in [0.2, 0.25) is 0 Å². The fourth-order valence-electron chi connectivity index (χ4n) is 3.20. The SMILES string of the molecule is CCCCCC(=O)OCCOCCOCCOCCOCCOCCOC(=O)c1ccc(NCCCC)cc1. The first-order valence-electron chi connectivity index (χ1n) is 14.2. The molecule has 0 amide bonds. The van der Waals surface area contributed by atoms with Gasteiger partial charge in [-0.2, -0.15) is 0 Å². The largest absolute Gasteiger partial charge is 0.463 e. The van der Waals surface area contributed by atoms with Crippen LogP contribution in [0.2, 0.25) is 0 Å². The summed E-state index contributed by atoms with van der Waals surface area (Å²) in [6.07, 6.45) is 5.73. The third kappa shape index (κ3) is 21.3. The minimum atomic E-state index is -0.362. The molecule has 0 aromatic heterocycles. The number of hydrogen-bond acceptors (Lipinski definition) is 10. The number of nitrogens with one attached hydrogen (secondary N) is 1. The Hall–Kier alpha value is -2.24. The molecule has 0 aliphatic carbocycles. The van der Waals surface area contributed by atoms with Gasteiger partial charge in [0.05, 0.1) is 71.6 Å². The third-order valence-corrected chi connectivity index (χ3v) is 5.40. The minimum Gasteiger partial charge on any atom is -0.463 e. The zero-order valence-corrected chi connectivity index (χ0v) is 23.9. The standard InChI is InChI=1S/C29H49NO9/c1-3-5-7-8-28(31)38-24-22-36-20-18-34-16-14-33-15-17-35-19-21-37-23-25-39-29(32)26-9-11-27(12-10-26)30-13-6-4-2/h9-12,30H,3-8,13-25H2,1-2H3. The second-order valence-electron chi connectivity index (χ2n) is 8.73. The van der Waals surface area contributed by atoms with Gasteiger partial charge in [0.15, 0.2) is 0 Å². The van der Waals surface area contributed by atoms with Gasteiger partial charge in [0.1, 0.15) is 13.2 Å². The van der Waals surface area contributed by atoms with Crippen molar-refractivity contribution >= 4 is 17.6 Å². The molecule has 0 radical (unpaired) electrons. The number of benzene rings is 1. The van der Waals surface area contributed by atoms with Crippen LogP contribution in [0.15, 0.2) is 24.3 Å². The number of rotatable bonds is 27. The number of carbonyl (C=O) groups is 2. The molecule has 1 rings (SSSR count). The molecule has 224 valence electrons. The van der Waals surface area contributed by atoms with Crippen LogP contribution in [-0.4, -0.2) is 97.8 Å². The van der Waals surface area contributed by atoms with Crippen LogP contribution in [0.25, 0.3) is 0 Å². The van der Waals surface area contributed by atoms with E-state index in [1.807, 2.05) is 12.1 Å². The van der Waals surface area contributed by atoms with Crippen molar-refractivity contribution in [2.75, 3.05) is 91.1 Å². The van der Waals surface area contributed by atoms with E-state index in [-0.39, 0.29) is 25.2 Å². The summed E-state index contributed by atoms with van der Waals surface area (Å²) in [5.41, 5.74) is 1.51. The van der Waals surface area contributed by atoms with Gasteiger partial charge in [0.25, 0.3) is 0 Å². The van der Waals surface area contributed by atoms with Crippen molar-refractivity contribution in [2.45, 2.75) is 52.4 Å². The number of hydrogen-bond donors (Lipinski definition) is 1. The summed E-state index contributed by atoms with van der Waals surface area (Å²) in [6, 6.07) is 7.28. The van der Waals surface area contributed by atoms with E-state index in [0.29, 0.717) is 78.1 Å². The lowest BCUT2D eigenvalue weighted by atomic mass is 10.2. The van der Waals surface area contributed by atoms with Crippen molar-refractivity contribution in [1.29, 1.82) is 0 Å². The molecule has 10 nitrogen and oxygen atoms in total. The van der Waals surface area contributed by atoms with Gasteiger partial charge in [-0.25, -0.2) is 4.79 Å². The smallest absolute Gasteiger partial charge is 0.338 e. The summed E-state index contributed by atoms with van der Waals surface area (Å²) >= 11 is 0. The number of carbonyl (C=O) groups excluding carboxylic acids is 2. The quantitative estimate of drug-likeness (QED) is 0.125. The minimum absolute atomic E-state index is 0.164. The Morgan fingerprint density at radius 3 is 1.54 bits per heavy atom. The molecule has 0 spiro atoms.